The van der Waals surface area contributed by atoms with Crippen LogP contribution < -0.4 is 10.6 Å². The maximum absolute atomic E-state index is 4.60. The Morgan fingerprint density at radius 2 is 2.08 bits per heavy atom. The van der Waals surface area contributed by atoms with E-state index in [1.807, 2.05) is 7.05 Å². The molecule has 0 fully saturated rings. The summed E-state index contributed by atoms with van der Waals surface area (Å²) in [5, 5.41) is 10.8. The molecule has 6 nitrogen and oxygen atoms in total. The third-order valence-electron chi connectivity index (χ3n) is 4.03. The number of aryl methyl sites for hydroxylation is 2. The number of hydrogen-bond acceptors (Lipinski definition) is 3. The van der Waals surface area contributed by atoms with Crippen molar-refractivity contribution < 1.29 is 0 Å². The first-order valence-corrected chi connectivity index (χ1v) is 8.34. The highest BCUT2D eigenvalue weighted by Gasteiger charge is 2.21. The maximum Gasteiger partial charge on any atom is 0.191 e. The second-order valence-electron chi connectivity index (χ2n) is 6.60. The van der Waals surface area contributed by atoms with Crippen LogP contribution in [-0.2, 0) is 19.0 Å². The van der Waals surface area contributed by atoms with Crippen LogP contribution in [0, 0.1) is 6.92 Å². The van der Waals surface area contributed by atoms with Crippen LogP contribution in [0.25, 0.3) is 0 Å². The van der Waals surface area contributed by atoms with Gasteiger partial charge in [-0.1, -0.05) is 43.7 Å². The molecule has 1 heterocycles. The lowest BCUT2D eigenvalue weighted by atomic mass is 9.84. The molecule has 0 aliphatic carbocycles. The zero-order valence-electron chi connectivity index (χ0n) is 15.3. The third-order valence-corrected chi connectivity index (χ3v) is 4.03. The third kappa shape index (κ3) is 4.81. The van der Waals surface area contributed by atoms with Crippen molar-refractivity contribution >= 4 is 5.96 Å². The molecule has 0 bridgehead atoms. The molecule has 0 aliphatic heterocycles. The van der Waals surface area contributed by atoms with E-state index in [9.17, 15) is 0 Å². The second kappa shape index (κ2) is 7.95. The first-order valence-electron chi connectivity index (χ1n) is 8.34. The highest BCUT2D eigenvalue weighted by Crippen LogP contribution is 2.22. The molecule has 6 heteroatoms. The lowest BCUT2D eigenvalue weighted by Crippen LogP contribution is -2.43. The van der Waals surface area contributed by atoms with Crippen molar-refractivity contribution in [2.24, 2.45) is 12.0 Å². The molecule has 1 aromatic carbocycles. The minimum Gasteiger partial charge on any atom is -0.357 e. The van der Waals surface area contributed by atoms with Gasteiger partial charge in [0.1, 0.15) is 18.7 Å². The Bertz CT molecular complexity index is 686. The molecule has 0 radical (unpaired) electrons. The summed E-state index contributed by atoms with van der Waals surface area (Å²) in [6.07, 6.45) is 1.55. The van der Waals surface area contributed by atoms with Crippen LogP contribution >= 0.6 is 0 Å². The van der Waals surface area contributed by atoms with Crippen LogP contribution in [0.2, 0.25) is 0 Å². The summed E-state index contributed by atoms with van der Waals surface area (Å²) in [7, 11) is 1.87. The van der Waals surface area contributed by atoms with Crippen LogP contribution in [0.15, 0.2) is 35.6 Å². The summed E-state index contributed by atoms with van der Waals surface area (Å²) < 4.78 is 1.74. The van der Waals surface area contributed by atoms with Crippen LogP contribution in [-0.4, -0.2) is 33.8 Å². The van der Waals surface area contributed by atoms with Gasteiger partial charge in [-0.15, -0.1) is 0 Å². The Morgan fingerprint density at radius 1 is 1.29 bits per heavy atom. The highest BCUT2D eigenvalue weighted by molar-refractivity contribution is 5.79. The van der Waals surface area contributed by atoms with E-state index in [4.69, 9.17) is 0 Å². The number of guanidine groups is 1. The van der Waals surface area contributed by atoms with E-state index in [0.717, 1.165) is 24.9 Å². The Balaban J connectivity index is 2.03. The van der Waals surface area contributed by atoms with Gasteiger partial charge in [0.15, 0.2) is 5.96 Å². The monoisotopic (exact) mass is 328 g/mol. The molecule has 2 N–H and O–H groups in total. The Kier molecular flexibility index (Phi) is 5.95. The molecule has 2 rings (SSSR count). The molecule has 0 saturated heterocycles. The van der Waals surface area contributed by atoms with E-state index >= 15 is 0 Å². The fourth-order valence-electron chi connectivity index (χ4n) is 2.43. The van der Waals surface area contributed by atoms with Gasteiger partial charge < -0.3 is 10.6 Å². The second-order valence-corrected chi connectivity index (χ2v) is 6.60. The van der Waals surface area contributed by atoms with Gasteiger partial charge in [-0.25, -0.2) is 9.98 Å². The maximum atomic E-state index is 4.60. The summed E-state index contributed by atoms with van der Waals surface area (Å²) in [6, 6.07) is 8.66. The van der Waals surface area contributed by atoms with Crippen molar-refractivity contribution in [3.8, 4) is 0 Å². The zero-order valence-corrected chi connectivity index (χ0v) is 15.3. The predicted octanol–water partition coefficient (Wildman–Crippen LogP) is 2.16. The number of rotatable bonds is 6. The van der Waals surface area contributed by atoms with Crippen molar-refractivity contribution in [1.82, 2.24) is 25.4 Å². The van der Waals surface area contributed by atoms with Crippen molar-refractivity contribution in [2.45, 2.75) is 39.7 Å². The topological polar surface area (TPSA) is 67.1 Å². The number of benzene rings is 1. The summed E-state index contributed by atoms with van der Waals surface area (Å²) in [6.45, 7) is 10.8. The van der Waals surface area contributed by atoms with Gasteiger partial charge in [0, 0.05) is 25.6 Å². The minimum atomic E-state index is 0.00694. The molecule has 1 aromatic heterocycles. The molecule has 0 atom stereocenters. The van der Waals surface area contributed by atoms with E-state index < -0.39 is 0 Å². The Labute approximate surface area is 144 Å². The average Bonchev–Trinajstić information content (AvgIpc) is 2.95. The number of aliphatic imine (C=N–C) groups is 1. The summed E-state index contributed by atoms with van der Waals surface area (Å²) >= 11 is 0. The van der Waals surface area contributed by atoms with Crippen molar-refractivity contribution in [2.75, 3.05) is 13.1 Å². The molecule has 0 amide bonds. The van der Waals surface area contributed by atoms with E-state index in [1.165, 1.54) is 11.1 Å². The molecule has 0 saturated carbocycles. The van der Waals surface area contributed by atoms with E-state index in [1.54, 1.807) is 11.0 Å². The molecule has 0 aliphatic rings. The summed E-state index contributed by atoms with van der Waals surface area (Å²) in [5.41, 5.74) is 2.61. The van der Waals surface area contributed by atoms with Crippen molar-refractivity contribution in [1.29, 1.82) is 0 Å². The van der Waals surface area contributed by atoms with Crippen LogP contribution in [0.3, 0.4) is 0 Å². The Hall–Kier alpha value is -2.37. The molecule has 24 heavy (non-hydrogen) atoms. The lowest BCUT2D eigenvalue weighted by Gasteiger charge is -2.27. The quantitative estimate of drug-likeness (QED) is 0.630. The van der Waals surface area contributed by atoms with Crippen molar-refractivity contribution in [3.05, 3.63) is 47.5 Å². The van der Waals surface area contributed by atoms with Crippen LogP contribution in [0.4, 0.5) is 0 Å². The Morgan fingerprint density at radius 3 is 2.71 bits per heavy atom. The van der Waals surface area contributed by atoms with E-state index in [-0.39, 0.29) is 5.41 Å². The number of hydrogen-bond donors (Lipinski definition) is 2. The summed E-state index contributed by atoms with van der Waals surface area (Å²) in [4.78, 5) is 8.81. The van der Waals surface area contributed by atoms with Crippen LogP contribution in [0.5, 0.6) is 0 Å². The minimum absolute atomic E-state index is 0.00694. The largest absolute Gasteiger partial charge is 0.357 e. The van der Waals surface area contributed by atoms with Crippen LogP contribution in [0.1, 0.15) is 37.7 Å². The van der Waals surface area contributed by atoms with Gasteiger partial charge in [0.25, 0.3) is 0 Å². The van der Waals surface area contributed by atoms with Gasteiger partial charge in [-0.05, 0) is 19.4 Å². The zero-order chi connectivity index (χ0) is 17.6. The van der Waals surface area contributed by atoms with Crippen molar-refractivity contribution in [3.63, 3.8) is 0 Å². The molecular weight excluding hydrogens is 300 g/mol. The van der Waals surface area contributed by atoms with Gasteiger partial charge in [-0.2, -0.15) is 5.10 Å². The fourth-order valence-corrected chi connectivity index (χ4v) is 2.43. The first kappa shape index (κ1) is 18.0. The molecule has 0 spiro atoms. The highest BCUT2D eigenvalue weighted by atomic mass is 15.3. The lowest BCUT2D eigenvalue weighted by molar-refractivity contribution is 0.508. The molecular formula is C18H28N6. The van der Waals surface area contributed by atoms with Gasteiger partial charge in [0.05, 0.1) is 0 Å². The van der Waals surface area contributed by atoms with Gasteiger partial charge >= 0.3 is 0 Å². The van der Waals surface area contributed by atoms with Gasteiger partial charge in [0.2, 0.25) is 0 Å². The molecule has 130 valence electrons. The average molecular weight is 328 g/mol. The number of aromatic nitrogens is 3. The fraction of sp³-hybridized carbons (Fsp3) is 0.500. The standard InChI is InChI=1S/C18H28N6/c1-6-19-17(20-11-16-22-13-23-24(16)5)21-12-18(3,4)15-9-7-8-14(2)10-15/h7-10,13H,6,11-12H2,1-5H3,(H2,19,20,21). The van der Waals surface area contributed by atoms with Gasteiger partial charge in [-0.3, -0.25) is 4.68 Å². The number of nitrogens with one attached hydrogen (secondary N) is 2. The normalized spacial score (nSPS) is 12.3. The van der Waals surface area contributed by atoms with E-state index in [0.29, 0.717) is 6.54 Å². The number of nitrogens with zero attached hydrogens (tertiary/aromatic N) is 4. The smallest absolute Gasteiger partial charge is 0.191 e. The summed E-state index contributed by atoms with van der Waals surface area (Å²) in [5.74, 6) is 1.63. The molecule has 0 unspecified atom stereocenters. The SMILES string of the molecule is CCNC(=NCc1ncnn1C)NCC(C)(C)c1cccc(C)c1. The predicted molar refractivity (Wildman–Crippen MR) is 98.0 cm³/mol. The first-order chi connectivity index (χ1) is 11.4. The molecule has 2 aromatic rings. The van der Waals surface area contributed by atoms with E-state index in [2.05, 4.69) is 77.7 Å².